The molecule has 0 aromatic heterocycles. The lowest BCUT2D eigenvalue weighted by atomic mass is 10.2. The maximum absolute atomic E-state index is 12.8. The Labute approximate surface area is 187 Å². The van der Waals surface area contributed by atoms with Gasteiger partial charge in [-0.05, 0) is 55.0 Å². The molecule has 3 rings (SSSR count). The standard InChI is InChI=1S/C21H18N2O6S2/c1-2-28-16-10-13(8-9-15(16)29-12-18(24)25)11-17-20(27)23(21(30)31-17)22-19(26)14-6-4-3-5-7-14/h3-11H,2,12H2,1H3,(H,22,26)(H,24,25)/b17-11+. The Hall–Kier alpha value is -3.37. The highest BCUT2D eigenvalue weighted by atomic mass is 32.2. The van der Waals surface area contributed by atoms with Gasteiger partial charge in [-0.25, -0.2) is 4.79 Å². The molecule has 0 aliphatic carbocycles. The van der Waals surface area contributed by atoms with E-state index in [4.69, 9.17) is 26.8 Å². The van der Waals surface area contributed by atoms with E-state index in [0.717, 1.165) is 16.8 Å². The number of carbonyl (C=O) groups excluding carboxylic acids is 2. The van der Waals surface area contributed by atoms with E-state index in [2.05, 4.69) is 5.43 Å². The van der Waals surface area contributed by atoms with Crippen molar-refractivity contribution >= 4 is 52.2 Å². The van der Waals surface area contributed by atoms with Crippen LogP contribution in [0, 0.1) is 0 Å². The van der Waals surface area contributed by atoms with Crippen LogP contribution in [-0.4, -0.2) is 45.4 Å². The molecule has 1 aliphatic rings. The highest BCUT2D eigenvalue weighted by Gasteiger charge is 2.33. The summed E-state index contributed by atoms with van der Waals surface area (Å²) in [7, 11) is 0. The molecule has 160 valence electrons. The Kier molecular flexibility index (Phi) is 7.27. The molecule has 1 heterocycles. The van der Waals surface area contributed by atoms with Crippen LogP contribution in [0.4, 0.5) is 0 Å². The van der Waals surface area contributed by atoms with Gasteiger partial charge in [0.25, 0.3) is 11.8 Å². The number of carboxylic acid groups (broad SMARTS) is 1. The summed E-state index contributed by atoms with van der Waals surface area (Å²) in [6, 6.07) is 13.4. The Morgan fingerprint density at radius 3 is 2.58 bits per heavy atom. The highest BCUT2D eigenvalue weighted by Crippen LogP contribution is 2.34. The number of hydrogen-bond donors (Lipinski definition) is 2. The third kappa shape index (κ3) is 5.62. The molecular formula is C21H18N2O6S2. The third-order valence-corrected chi connectivity index (χ3v) is 5.26. The summed E-state index contributed by atoms with van der Waals surface area (Å²) in [6.07, 6.45) is 1.61. The van der Waals surface area contributed by atoms with Gasteiger partial charge in [-0.2, -0.15) is 5.01 Å². The number of thiocarbonyl (C=S) groups is 1. The summed E-state index contributed by atoms with van der Waals surface area (Å²) in [5.74, 6) is -1.37. The van der Waals surface area contributed by atoms with Gasteiger partial charge in [0.2, 0.25) is 0 Å². The molecule has 2 aromatic carbocycles. The Morgan fingerprint density at radius 1 is 1.16 bits per heavy atom. The number of thioether (sulfide) groups is 1. The molecule has 1 aliphatic heterocycles. The SMILES string of the molecule is CCOc1cc(/C=C2/SC(=S)N(NC(=O)c3ccccc3)C2=O)ccc1OCC(=O)O. The summed E-state index contributed by atoms with van der Waals surface area (Å²) in [6.45, 7) is 1.63. The van der Waals surface area contributed by atoms with E-state index in [-0.39, 0.29) is 10.1 Å². The highest BCUT2D eigenvalue weighted by molar-refractivity contribution is 8.26. The molecule has 8 nitrogen and oxygen atoms in total. The molecule has 1 saturated heterocycles. The van der Waals surface area contributed by atoms with E-state index in [9.17, 15) is 14.4 Å². The minimum atomic E-state index is -1.10. The quantitative estimate of drug-likeness (QED) is 0.459. The van der Waals surface area contributed by atoms with Gasteiger partial charge in [-0.3, -0.25) is 15.0 Å². The van der Waals surface area contributed by atoms with Crippen LogP contribution in [0.15, 0.2) is 53.4 Å². The van der Waals surface area contributed by atoms with Gasteiger partial charge in [0.15, 0.2) is 22.4 Å². The minimum absolute atomic E-state index is 0.201. The monoisotopic (exact) mass is 458 g/mol. The molecule has 0 atom stereocenters. The van der Waals surface area contributed by atoms with E-state index in [0.29, 0.717) is 28.4 Å². The summed E-state index contributed by atoms with van der Waals surface area (Å²) in [4.78, 5) is 36.2. The zero-order valence-electron chi connectivity index (χ0n) is 16.4. The van der Waals surface area contributed by atoms with Crippen molar-refractivity contribution in [3.63, 3.8) is 0 Å². The van der Waals surface area contributed by atoms with Crippen LogP contribution in [-0.2, 0) is 9.59 Å². The van der Waals surface area contributed by atoms with Crippen molar-refractivity contribution in [3.05, 3.63) is 64.6 Å². The fourth-order valence-corrected chi connectivity index (χ4v) is 3.79. The van der Waals surface area contributed by atoms with Crippen LogP contribution < -0.4 is 14.9 Å². The van der Waals surface area contributed by atoms with E-state index < -0.39 is 24.4 Å². The predicted molar refractivity (Wildman–Crippen MR) is 120 cm³/mol. The maximum Gasteiger partial charge on any atom is 0.341 e. The second-order valence-electron chi connectivity index (χ2n) is 6.15. The number of carbonyl (C=O) groups is 3. The molecule has 0 bridgehead atoms. The Morgan fingerprint density at radius 2 is 1.90 bits per heavy atom. The molecule has 0 unspecified atom stereocenters. The molecule has 10 heteroatoms. The van der Waals surface area contributed by atoms with Gasteiger partial charge in [0, 0.05) is 5.56 Å². The molecule has 1 fully saturated rings. The first kappa shape index (κ1) is 22.3. The molecule has 0 spiro atoms. The maximum atomic E-state index is 12.8. The molecule has 0 radical (unpaired) electrons. The van der Waals surface area contributed by atoms with Crippen LogP contribution in [0.2, 0.25) is 0 Å². The van der Waals surface area contributed by atoms with Gasteiger partial charge < -0.3 is 14.6 Å². The van der Waals surface area contributed by atoms with Crippen LogP contribution >= 0.6 is 24.0 Å². The predicted octanol–water partition coefficient (Wildman–Crippen LogP) is 3.09. The van der Waals surface area contributed by atoms with Gasteiger partial charge in [0.1, 0.15) is 0 Å². The van der Waals surface area contributed by atoms with Crippen molar-refractivity contribution in [2.45, 2.75) is 6.92 Å². The van der Waals surface area contributed by atoms with Crippen molar-refractivity contribution in [2.24, 2.45) is 0 Å². The van der Waals surface area contributed by atoms with Crippen LogP contribution in [0.3, 0.4) is 0 Å². The smallest absolute Gasteiger partial charge is 0.341 e. The van der Waals surface area contributed by atoms with Crippen molar-refractivity contribution in [2.75, 3.05) is 13.2 Å². The Balaban J connectivity index is 1.78. The third-order valence-electron chi connectivity index (χ3n) is 3.96. The van der Waals surface area contributed by atoms with E-state index >= 15 is 0 Å². The zero-order chi connectivity index (χ0) is 22.4. The number of hydrogen-bond acceptors (Lipinski definition) is 7. The lowest BCUT2D eigenvalue weighted by Crippen LogP contribution is -2.44. The summed E-state index contributed by atoms with van der Waals surface area (Å²) < 4.78 is 10.9. The number of benzene rings is 2. The van der Waals surface area contributed by atoms with Crippen molar-refractivity contribution in [1.82, 2.24) is 10.4 Å². The van der Waals surface area contributed by atoms with E-state index in [1.807, 2.05) is 0 Å². The average molecular weight is 459 g/mol. The number of nitrogens with one attached hydrogen (secondary N) is 1. The largest absolute Gasteiger partial charge is 0.490 e. The van der Waals surface area contributed by atoms with Gasteiger partial charge in [-0.1, -0.05) is 36.0 Å². The summed E-state index contributed by atoms with van der Waals surface area (Å²) >= 11 is 6.29. The van der Waals surface area contributed by atoms with Crippen LogP contribution in [0.1, 0.15) is 22.8 Å². The molecule has 2 aromatic rings. The first-order valence-corrected chi connectivity index (χ1v) is 10.4. The number of nitrogens with zero attached hydrogens (tertiary/aromatic N) is 1. The number of amides is 2. The van der Waals surface area contributed by atoms with Crippen LogP contribution in [0.5, 0.6) is 11.5 Å². The Bertz CT molecular complexity index is 1060. The summed E-state index contributed by atoms with van der Waals surface area (Å²) in [5, 5.41) is 9.83. The van der Waals surface area contributed by atoms with Gasteiger partial charge >= 0.3 is 5.97 Å². The number of rotatable bonds is 8. The van der Waals surface area contributed by atoms with E-state index in [1.54, 1.807) is 61.5 Å². The molecule has 2 amide bonds. The first-order valence-electron chi connectivity index (χ1n) is 9.14. The molecular weight excluding hydrogens is 440 g/mol. The molecule has 0 saturated carbocycles. The van der Waals surface area contributed by atoms with Crippen molar-refractivity contribution in [3.8, 4) is 11.5 Å². The van der Waals surface area contributed by atoms with Crippen LogP contribution in [0.25, 0.3) is 6.08 Å². The second kappa shape index (κ2) is 10.1. The van der Waals surface area contributed by atoms with Gasteiger partial charge in [-0.15, -0.1) is 0 Å². The average Bonchev–Trinajstić information content (AvgIpc) is 3.01. The minimum Gasteiger partial charge on any atom is -0.490 e. The normalized spacial score (nSPS) is 14.6. The lowest BCUT2D eigenvalue weighted by Gasteiger charge is -2.15. The van der Waals surface area contributed by atoms with Gasteiger partial charge in [0.05, 0.1) is 11.5 Å². The fourth-order valence-electron chi connectivity index (χ4n) is 2.61. The van der Waals surface area contributed by atoms with E-state index in [1.165, 1.54) is 0 Å². The fraction of sp³-hybridized carbons (Fsp3) is 0.143. The van der Waals surface area contributed by atoms with Crippen molar-refractivity contribution < 1.29 is 29.0 Å². The molecule has 2 N–H and O–H groups in total. The number of aliphatic carboxylic acids is 1. The van der Waals surface area contributed by atoms with Crippen molar-refractivity contribution in [1.29, 1.82) is 0 Å². The zero-order valence-corrected chi connectivity index (χ0v) is 18.0. The second-order valence-corrected chi connectivity index (χ2v) is 7.82. The lowest BCUT2D eigenvalue weighted by molar-refractivity contribution is -0.139. The summed E-state index contributed by atoms with van der Waals surface area (Å²) in [5.41, 5.74) is 3.55. The molecule has 31 heavy (non-hydrogen) atoms. The first-order chi connectivity index (χ1) is 14.9. The number of ether oxygens (including phenoxy) is 2. The number of carboxylic acids is 1. The number of hydrazine groups is 1. The topological polar surface area (TPSA) is 105 Å².